The molecule has 1 saturated heterocycles. The van der Waals surface area contributed by atoms with E-state index in [4.69, 9.17) is 0 Å². The minimum Gasteiger partial charge on any atom is -0.323 e. The summed E-state index contributed by atoms with van der Waals surface area (Å²) >= 11 is 0. The molecule has 2 unspecified atom stereocenters. The molecule has 0 radical (unpaired) electrons. The molecule has 0 aliphatic carbocycles. The standard InChI is InChI=1S/C10H17F3N2O/c1-3-4-8-14-6-9(16)15(8)7(2)5-10(11,12)13/h7-8,14H,3-6H2,1-2H3. The lowest BCUT2D eigenvalue weighted by Gasteiger charge is -2.30. The highest BCUT2D eigenvalue weighted by Crippen LogP contribution is 2.26. The predicted molar refractivity (Wildman–Crippen MR) is 53.7 cm³/mol. The first-order valence-corrected chi connectivity index (χ1v) is 5.46. The second-order valence-electron chi connectivity index (χ2n) is 4.15. The van der Waals surface area contributed by atoms with Crippen LogP contribution < -0.4 is 5.32 Å². The van der Waals surface area contributed by atoms with E-state index in [1.807, 2.05) is 6.92 Å². The Morgan fingerprint density at radius 3 is 2.69 bits per heavy atom. The number of hydrogen-bond acceptors (Lipinski definition) is 2. The Hall–Kier alpha value is -0.780. The molecule has 3 nitrogen and oxygen atoms in total. The van der Waals surface area contributed by atoms with Crippen LogP contribution in [-0.2, 0) is 4.79 Å². The van der Waals surface area contributed by atoms with Gasteiger partial charge in [-0.3, -0.25) is 10.1 Å². The van der Waals surface area contributed by atoms with Crippen LogP contribution in [0, 0.1) is 0 Å². The zero-order valence-corrected chi connectivity index (χ0v) is 9.47. The molecule has 1 heterocycles. The molecule has 1 aliphatic heterocycles. The number of amides is 1. The van der Waals surface area contributed by atoms with Gasteiger partial charge in [-0.25, -0.2) is 0 Å². The molecule has 0 aromatic rings. The largest absolute Gasteiger partial charge is 0.391 e. The second kappa shape index (κ2) is 5.03. The van der Waals surface area contributed by atoms with Crippen molar-refractivity contribution in [3.05, 3.63) is 0 Å². The normalized spacial score (nSPS) is 23.9. The summed E-state index contributed by atoms with van der Waals surface area (Å²) in [5, 5.41) is 2.93. The van der Waals surface area contributed by atoms with E-state index in [1.165, 1.54) is 11.8 Å². The van der Waals surface area contributed by atoms with Crippen molar-refractivity contribution in [1.29, 1.82) is 0 Å². The molecule has 1 rings (SSSR count). The minimum atomic E-state index is -4.22. The van der Waals surface area contributed by atoms with Crippen LogP contribution in [0.5, 0.6) is 0 Å². The molecule has 0 bridgehead atoms. The number of nitrogens with zero attached hydrogens (tertiary/aromatic N) is 1. The van der Waals surface area contributed by atoms with Crippen molar-refractivity contribution in [3.63, 3.8) is 0 Å². The maximum Gasteiger partial charge on any atom is 0.391 e. The van der Waals surface area contributed by atoms with E-state index in [0.717, 1.165) is 6.42 Å². The van der Waals surface area contributed by atoms with Gasteiger partial charge in [-0.15, -0.1) is 0 Å². The number of nitrogens with one attached hydrogen (secondary N) is 1. The number of halogens is 3. The quantitative estimate of drug-likeness (QED) is 0.811. The van der Waals surface area contributed by atoms with Gasteiger partial charge in [0.25, 0.3) is 0 Å². The van der Waals surface area contributed by atoms with Gasteiger partial charge in [0.05, 0.1) is 19.1 Å². The molecule has 6 heteroatoms. The van der Waals surface area contributed by atoms with Crippen LogP contribution in [0.4, 0.5) is 13.2 Å². The van der Waals surface area contributed by atoms with Gasteiger partial charge in [-0.2, -0.15) is 13.2 Å². The van der Waals surface area contributed by atoms with E-state index in [-0.39, 0.29) is 18.6 Å². The lowest BCUT2D eigenvalue weighted by atomic mass is 10.1. The molecule has 16 heavy (non-hydrogen) atoms. The van der Waals surface area contributed by atoms with Crippen molar-refractivity contribution in [2.24, 2.45) is 0 Å². The summed E-state index contributed by atoms with van der Waals surface area (Å²) in [4.78, 5) is 12.8. The van der Waals surface area contributed by atoms with Crippen LogP contribution in [0.1, 0.15) is 33.1 Å². The van der Waals surface area contributed by atoms with E-state index in [1.54, 1.807) is 0 Å². The third kappa shape index (κ3) is 3.37. The van der Waals surface area contributed by atoms with Crippen molar-refractivity contribution in [3.8, 4) is 0 Å². The summed E-state index contributed by atoms with van der Waals surface area (Å²) in [6, 6.07) is -0.793. The molecule has 1 amide bonds. The van der Waals surface area contributed by atoms with Gasteiger partial charge in [0.15, 0.2) is 0 Å². The summed E-state index contributed by atoms with van der Waals surface area (Å²) in [7, 11) is 0. The van der Waals surface area contributed by atoms with E-state index >= 15 is 0 Å². The first-order chi connectivity index (χ1) is 7.35. The van der Waals surface area contributed by atoms with Crippen LogP contribution in [-0.4, -0.2) is 35.7 Å². The first kappa shape index (κ1) is 13.3. The van der Waals surface area contributed by atoms with Gasteiger partial charge < -0.3 is 4.90 Å². The second-order valence-corrected chi connectivity index (χ2v) is 4.15. The Balaban J connectivity index is 2.64. The Morgan fingerprint density at radius 1 is 1.56 bits per heavy atom. The number of alkyl halides is 3. The highest BCUT2D eigenvalue weighted by molar-refractivity contribution is 5.80. The summed E-state index contributed by atoms with van der Waals surface area (Å²) in [6.07, 6.45) is -3.89. The third-order valence-corrected chi connectivity index (χ3v) is 2.68. The fraction of sp³-hybridized carbons (Fsp3) is 0.900. The zero-order valence-electron chi connectivity index (χ0n) is 9.47. The van der Waals surface area contributed by atoms with Crippen LogP contribution >= 0.6 is 0 Å². The van der Waals surface area contributed by atoms with Crippen molar-refractivity contribution in [1.82, 2.24) is 10.2 Å². The zero-order chi connectivity index (χ0) is 12.3. The number of hydrogen-bond donors (Lipinski definition) is 1. The molecular formula is C10H17F3N2O. The van der Waals surface area contributed by atoms with Gasteiger partial charge in [-0.05, 0) is 13.3 Å². The predicted octanol–water partition coefficient (Wildman–Crippen LogP) is 1.89. The summed E-state index contributed by atoms with van der Waals surface area (Å²) in [6.45, 7) is 3.53. The number of carbonyl (C=O) groups is 1. The molecule has 2 atom stereocenters. The van der Waals surface area contributed by atoms with Crippen molar-refractivity contribution < 1.29 is 18.0 Å². The summed E-state index contributed by atoms with van der Waals surface area (Å²) < 4.78 is 36.7. The lowest BCUT2D eigenvalue weighted by Crippen LogP contribution is -2.44. The monoisotopic (exact) mass is 238 g/mol. The molecule has 1 aliphatic rings. The third-order valence-electron chi connectivity index (χ3n) is 2.68. The Kier molecular flexibility index (Phi) is 4.18. The Bertz CT molecular complexity index is 255. The molecule has 94 valence electrons. The van der Waals surface area contributed by atoms with Gasteiger partial charge in [0.2, 0.25) is 5.91 Å². The topological polar surface area (TPSA) is 32.3 Å². The molecular weight excluding hydrogens is 221 g/mol. The average Bonchev–Trinajstić information content (AvgIpc) is 2.44. The van der Waals surface area contributed by atoms with Crippen LogP contribution in [0.25, 0.3) is 0 Å². The minimum absolute atomic E-state index is 0.146. The lowest BCUT2D eigenvalue weighted by molar-refractivity contribution is -0.152. The molecule has 0 aromatic heterocycles. The summed E-state index contributed by atoms with van der Waals surface area (Å²) in [5.74, 6) is -0.241. The number of carbonyl (C=O) groups excluding carboxylic acids is 1. The van der Waals surface area contributed by atoms with Crippen molar-refractivity contribution in [2.75, 3.05) is 6.54 Å². The average molecular weight is 238 g/mol. The van der Waals surface area contributed by atoms with Crippen LogP contribution in [0.3, 0.4) is 0 Å². The van der Waals surface area contributed by atoms with Gasteiger partial charge in [0, 0.05) is 6.04 Å². The Morgan fingerprint density at radius 2 is 2.19 bits per heavy atom. The summed E-state index contributed by atoms with van der Waals surface area (Å²) in [5.41, 5.74) is 0. The van der Waals surface area contributed by atoms with E-state index in [2.05, 4.69) is 5.32 Å². The van der Waals surface area contributed by atoms with Crippen molar-refractivity contribution in [2.45, 2.75) is 51.5 Å². The van der Waals surface area contributed by atoms with E-state index in [9.17, 15) is 18.0 Å². The molecule has 1 fully saturated rings. The highest BCUT2D eigenvalue weighted by atomic mass is 19.4. The van der Waals surface area contributed by atoms with Gasteiger partial charge >= 0.3 is 6.18 Å². The fourth-order valence-corrected chi connectivity index (χ4v) is 2.07. The SMILES string of the molecule is CCCC1NCC(=O)N1C(C)CC(F)(F)F. The maximum atomic E-state index is 12.2. The van der Waals surface area contributed by atoms with Gasteiger partial charge in [-0.1, -0.05) is 13.3 Å². The molecule has 0 aromatic carbocycles. The molecule has 1 N–H and O–H groups in total. The van der Waals surface area contributed by atoms with Gasteiger partial charge in [0.1, 0.15) is 0 Å². The van der Waals surface area contributed by atoms with Crippen molar-refractivity contribution >= 4 is 5.91 Å². The maximum absolute atomic E-state index is 12.2. The number of rotatable bonds is 4. The van der Waals surface area contributed by atoms with Crippen LogP contribution in [0.2, 0.25) is 0 Å². The first-order valence-electron chi connectivity index (χ1n) is 5.46. The fourth-order valence-electron chi connectivity index (χ4n) is 2.07. The van der Waals surface area contributed by atoms with E-state index < -0.39 is 18.6 Å². The molecule has 0 spiro atoms. The highest BCUT2D eigenvalue weighted by Gasteiger charge is 2.39. The smallest absolute Gasteiger partial charge is 0.323 e. The Labute approximate surface area is 93.0 Å². The van der Waals surface area contributed by atoms with E-state index in [0.29, 0.717) is 6.42 Å². The van der Waals surface area contributed by atoms with Crippen LogP contribution in [0.15, 0.2) is 0 Å². The molecule has 0 saturated carbocycles.